The van der Waals surface area contributed by atoms with Crippen molar-refractivity contribution in [2.24, 2.45) is 0 Å². The van der Waals surface area contributed by atoms with Gasteiger partial charge in [0, 0.05) is 17.6 Å². The highest BCUT2D eigenvalue weighted by molar-refractivity contribution is 6.06. The number of aromatic nitrogens is 1. The summed E-state index contributed by atoms with van der Waals surface area (Å²) in [5.41, 5.74) is 4.33. The number of para-hydroxylation sites is 2. The molecule has 0 spiro atoms. The second-order valence-corrected chi connectivity index (χ2v) is 7.82. The third kappa shape index (κ3) is 4.92. The molecule has 0 radical (unpaired) electrons. The first-order chi connectivity index (χ1) is 14.4. The number of anilines is 2. The molecule has 0 unspecified atom stereocenters. The molecule has 154 valence electrons. The summed E-state index contributed by atoms with van der Waals surface area (Å²) < 4.78 is 0. The summed E-state index contributed by atoms with van der Waals surface area (Å²) in [5.74, 6) is 0.0154. The van der Waals surface area contributed by atoms with Gasteiger partial charge < -0.3 is 10.6 Å². The van der Waals surface area contributed by atoms with Crippen LogP contribution >= 0.6 is 0 Å². The van der Waals surface area contributed by atoms with Gasteiger partial charge in [0.1, 0.15) is 5.69 Å². The molecule has 5 nitrogen and oxygen atoms in total. The maximum Gasteiger partial charge on any atom is 0.274 e. The first kappa shape index (κ1) is 21.2. The normalized spacial score (nSPS) is 10.9. The molecule has 2 N–H and O–H groups in total. The number of amides is 2. The summed E-state index contributed by atoms with van der Waals surface area (Å²) in [6, 6.07) is 18.6. The first-order valence-electron chi connectivity index (χ1n) is 10.1. The minimum atomic E-state index is -0.305. The smallest absolute Gasteiger partial charge is 0.274 e. The van der Waals surface area contributed by atoms with E-state index in [0.717, 1.165) is 22.5 Å². The van der Waals surface area contributed by atoms with Gasteiger partial charge in [-0.1, -0.05) is 64.1 Å². The minimum absolute atomic E-state index is 0.257. The van der Waals surface area contributed by atoms with Gasteiger partial charge in [-0.25, -0.2) is 0 Å². The van der Waals surface area contributed by atoms with Crippen molar-refractivity contribution in [3.8, 4) is 0 Å². The number of carbonyl (C=O) groups is 2. The van der Waals surface area contributed by atoms with Gasteiger partial charge in [-0.05, 0) is 47.2 Å². The third-order valence-electron chi connectivity index (χ3n) is 4.92. The lowest BCUT2D eigenvalue weighted by atomic mass is 10.0. The molecule has 1 heterocycles. The van der Waals surface area contributed by atoms with Crippen LogP contribution in [0.3, 0.4) is 0 Å². The van der Waals surface area contributed by atoms with Crippen molar-refractivity contribution < 1.29 is 9.59 Å². The maximum absolute atomic E-state index is 12.6. The zero-order valence-electron chi connectivity index (χ0n) is 17.8. The number of nitrogens with one attached hydrogen (secondary N) is 2. The Morgan fingerprint density at radius 2 is 1.20 bits per heavy atom. The number of hydrogen-bond acceptors (Lipinski definition) is 3. The Hall–Kier alpha value is -3.47. The SMILES string of the molecule is CC(C)c1ccccc1NC(=O)c1ccc(C(=O)Nc2ccccc2C(C)C)nc1. The molecule has 0 aliphatic heterocycles. The molecule has 5 heteroatoms. The highest BCUT2D eigenvalue weighted by atomic mass is 16.2. The van der Waals surface area contributed by atoms with Crippen LogP contribution in [0.5, 0.6) is 0 Å². The van der Waals surface area contributed by atoms with E-state index < -0.39 is 0 Å². The fourth-order valence-electron chi connectivity index (χ4n) is 3.27. The number of benzene rings is 2. The predicted molar refractivity (Wildman–Crippen MR) is 121 cm³/mol. The van der Waals surface area contributed by atoms with E-state index in [4.69, 9.17) is 0 Å². The summed E-state index contributed by atoms with van der Waals surface area (Å²) in [7, 11) is 0. The van der Waals surface area contributed by atoms with Gasteiger partial charge in [0.25, 0.3) is 11.8 Å². The van der Waals surface area contributed by atoms with Gasteiger partial charge in [-0.2, -0.15) is 0 Å². The van der Waals surface area contributed by atoms with Crippen molar-refractivity contribution in [2.45, 2.75) is 39.5 Å². The Balaban J connectivity index is 1.72. The van der Waals surface area contributed by atoms with E-state index in [1.807, 2.05) is 48.5 Å². The van der Waals surface area contributed by atoms with Crippen molar-refractivity contribution in [3.63, 3.8) is 0 Å². The molecule has 0 aliphatic rings. The Morgan fingerprint density at radius 1 is 0.700 bits per heavy atom. The average molecular weight is 402 g/mol. The van der Waals surface area contributed by atoms with Crippen LogP contribution in [-0.2, 0) is 0 Å². The van der Waals surface area contributed by atoms with Crippen LogP contribution in [0.1, 0.15) is 71.5 Å². The minimum Gasteiger partial charge on any atom is -0.322 e. The summed E-state index contributed by atoms with van der Waals surface area (Å²) >= 11 is 0. The van der Waals surface area contributed by atoms with Crippen LogP contribution in [0, 0.1) is 0 Å². The van der Waals surface area contributed by atoms with Crippen LogP contribution in [0.2, 0.25) is 0 Å². The lowest BCUT2D eigenvalue weighted by Gasteiger charge is -2.14. The van der Waals surface area contributed by atoms with Gasteiger partial charge in [0.05, 0.1) is 5.56 Å². The molecule has 0 fully saturated rings. The zero-order chi connectivity index (χ0) is 21.7. The molecule has 0 saturated heterocycles. The maximum atomic E-state index is 12.6. The van der Waals surface area contributed by atoms with Gasteiger partial charge in [0.2, 0.25) is 0 Å². The molecular formula is C25H27N3O2. The number of pyridine rings is 1. The number of rotatable bonds is 6. The van der Waals surface area contributed by atoms with E-state index in [1.54, 1.807) is 12.1 Å². The fourth-order valence-corrected chi connectivity index (χ4v) is 3.27. The topological polar surface area (TPSA) is 71.1 Å². The summed E-state index contributed by atoms with van der Waals surface area (Å²) in [6.07, 6.45) is 1.43. The van der Waals surface area contributed by atoms with Crippen molar-refractivity contribution >= 4 is 23.2 Å². The molecule has 0 saturated carbocycles. The van der Waals surface area contributed by atoms with Gasteiger partial charge >= 0.3 is 0 Å². The average Bonchev–Trinajstić information content (AvgIpc) is 2.74. The van der Waals surface area contributed by atoms with E-state index in [-0.39, 0.29) is 23.4 Å². The monoisotopic (exact) mass is 401 g/mol. The summed E-state index contributed by atoms with van der Waals surface area (Å²) in [6.45, 7) is 8.32. The number of nitrogens with zero attached hydrogens (tertiary/aromatic N) is 1. The lowest BCUT2D eigenvalue weighted by molar-refractivity contribution is 0.101. The largest absolute Gasteiger partial charge is 0.322 e. The van der Waals surface area contributed by atoms with Crippen LogP contribution < -0.4 is 10.6 Å². The molecular weight excluding hydrogens is 374 g/mol. The summed E-state index contributed by atoms with van der Waals surface area (Å²) in [4.78, 5) is 29.4. The van der Waals surface area contributed by atoms with E-state index in [1.165, 1.54) is 6.20 Å². The van der Waals surface area contributed by atoms with E-state index in [0.29, 0.717) is 11.5 Å². The molecule has 3 aromatic rings. The molecule has 3 rings (SSSR count). The molecule has 1 aromatic heterocycles. The second-order valence-electron chi connectivity index (χ2n) is 7.82. The Labute approximate surface area is 177 Å². The van der Waals surface area contributed by atoms with Gasteiger partial charge in [-0.3, -0.25) is 14.6 Å². The van der Waals surface area contributed by atoms with Crippen LogP contribution in [0.4, 0.5) is 11.4 Å². The van der Waals surface area contributed by atoms with Crippen LogP contribution in [0.15, 0.2) is 66.9 Å². The zero-order valence-corrected chi connectivity index (χ0v) is 17.8. The van der Waals surface area contributed by atoms with Crippen molar-refractivity contribution in [1.29, 1.82) is 0 Å². The fraction of sp³-hybridized carbons (Fsp3) is 0.240. The Morgan fingerprint density at radius 3 is 1.67 bits per heavy atom. The molecule has 30 heavy (non-hydrogen) atoms. The predicted octanol–water partition coefficient (Wildman–Crippen LogP) is 5.83. The summed E-state index contributed by atoms with van der Waals surface area (Å²) in [5, 5.41) is 5.85. The lowest BCUT2D eigenvalue weighted by Crippen LogP contribution is -2.17. The van der Waals surface area contributed by atoms with E-state index >= 15 is 0 Å². The Bertz CT molecular complexity index is 956. The van der Waals surface area contributed by atoms with Crippen LogP contribution in [0.25, 0.3) is 0 Å². The van der Waals surface area contributed by atoms with Crippen molar-refractivity contribution in [2.75, 3.05) is 10.6 Å². The molecule has 2 amide bonds. The quantitative estimate of drug-likeness (QED) is 0.546. The van der Waals surface area contributed by atoms with E-state index in [2.05, 4.69) is 43.3 Å². The highest BCUT2D eigenvalue weighted by Gasteiger charge is 2.14. The third-order valence-corrected chi connectivity index (χ3v) is 4.92. The van der Waals surface area contributed by atoms with E-state index in [9.17, 15) is 9.59 Å². The Kier molecular flexibility index (Phi) is 6.62. The van der Waals surface area contributed by atoms with Gasteiger partial charge in [-0.15, -0.1) is 0 Å². The van der Waals surface area contributed by atoms with Crippen LogP contribution in [-0.4, -0.2) is 16.8 Å². The number of carbonyl (C=O) groups excluding carboxylic acids is 2. The highest BCUT2D eigenvalue weighted by Crippen LogP contribution is 2.25. The first-order valence-corrected chi connectivity index (χ1v) is 10.1. The van der Waals surface area contributed by atoms with Gasteiger partial charge in [0.15, 0.2) is 0 Å². The van der Waals surface area contributed by atoms with Crippen molar-refractivity contribution in [3.05, 3.63) is 89.2 Å². The molecule has 0 aliphatic carbocycles. The number of hydrogen-bond donors (Lipinski definition) is 2. The standard InChI is InChI=1S/C25H27N3O2/c1-16(2)19-9-5-7-11-21(19)27-24(29)18-13-14-23(26-15-18)25(30)28-22-12-8-6-10-20(22)17(3)4/h5-17H,1-4H3,(H,27,29)(H,28,30). The molecule has 0 bridgehead atoms. The second kappa shape index (κ2) is 9.35. The molecule has 0 atom stereocenters. The molecule has 2 aromatic carbocycles. The van der Waals surface area contributed by atoms with Crippen molar-refractivity contribution in [1.82, 2.24) is 4.98 Å².